The van der Waals surface area contributed by atoms with E-state index < -0.39 is 26.5 Å². The van der Waals surface area contributed by atoms with Gasteiger partial charge in [0.15, 0.2) is 0 Å². The summed E-state index contributed by atoms with van der Waals surface area (Å²) >= 11 is 0. The number of carbonyl (C=O) groups is 1. The quantitative estimate of drug-likeness (QED) is 0.291. The van der Waals surface area contributed by atoms with Crippen LogP contribution < -0.4 is 15.5 Å². The molecule has 0 spiro atoms. The van der Waals surface area contributed by atoms with Gasteiger partial charge in [0.05, 0.1) is 18.1 Å². The molecule has 1 saturated carbocycles. The van der Waals surface area contributed by atoms with Crippen LogP contribution in [-0.4, -0.2) is 49.2 Å². The highest BCUT2D eigenvalue weighted by Gasteiger charge is 2.57. The van der Waals surface area contributed by atoms with Crippen LogP contribution in [0.5, 0.6) is 5.75 Å². The van der Waals surface area contributed by atoms with Crippen LogP contribution in [0.25, 0.3) is 0 Å². The highest BCUT2D eigenvalue weighted by molar-refractivity contribution is 7.93. The van der Waals surface area contributed by atoms with E-state index in [1.165, 1.54) is 31.4 Å². The summed E-state index contributed by atoms with van der Waals surface area (Å²) in [5.41, 5.74) is 2.40. The van der Waals surface area contributed by atoms with E-state index in [1.54, 1.807) is 30.0 Å². The molecule has 0 saturated heterocycles. The first-order valence-electron chi connectivity index (χ1n) is 11.8. The number of amides is 1. The van der Waals surface area contributed by atoms with E-state index in [2.05, 4.69) is 24.1 Å². The van der Waals surface area contributed by atoms with Crippen LogP contribution in [0.15, 0.2) is 53.7 Å². The molecule has 9 nitrogen and oxygen atoms in total. The Morgan fingerprint density at radius 1 is 1.11 bits per heavy atom. The van der Waals surface area contributed by atoms with Crippen molar-refractivity contribution >= 4 is 28.2 Å². The van der Waals surface area contributed by atoms with Crippen LogP contribution >= 0.6 is 12.4 Å². The average Bonchev–Trinajstić information content (AvgIpc) is 2.88. The van der Waals surface area contributed by atoms with E-state index in [-0.39, 0.29) is 30.0 Å². The van der Waals surface area contributed by atoms with Crippen molar-refractivity contribution < 1.29 is 27.9 Å². The molecule has 3 N–H and O–H groups in total. The highest BCUT2D eigenvalue weighted by atomic mass is 35.5. The Balaban J connectivity index is 0.00000456. The fourth-order valence-corrected chi connectivity index (χ4v) is 6.66. The summed E-state index contributed by atoms with van der Waals surface area (Å²) in [4.78, 5) is 15.2. The average molecular weight is 542 g/mol. The smallest absolute Gasteiger partial charge is 0.280 e. The van der Waals surface area contributed by atoms with Gasteiger partial charge in [0.25, 0.3) is 5.91 Å². The first kappa shape index (κ1) is 30.0. The number of sulfone groups is 1. The minimum Gasteiger partial charge on any atom is -0.497 e. The number of hydrogen-bond donors (Lipinski definition) is 3. The van der Waals surface area contributed by atoms with Crippen molar-refractivity contribution in [3.05, 3.63) is 54.4 Å². The Morgan fingerprint density at radius 2 is 1.72 bits per heavy atom. The fourth-order valence-electron chi connectivity index (χ4n) is 4.57. The van der Waals surface area contributed by atoms with Crippen molar-refractivity contribution in [3.8, 4) is 5.75 Å². The molecule has 1 atom stereocenters. The maximum atomic E-state index is 14.2. The van der Waals surface area contributed by atoms with Crippen molar-refractivity contribution in [2.75, 3.05) is 13.7 Å². The van der Waals surface area contributed by atoms with Gasteiger partial charge in [-0.1, -0.05) is 13.8 Å². The van der Waals surface area contributed by atoms with Crippen LogP contribution in [0.4, 0.5) is 0 Å². The number of hydroxylamine groups is 1. The number of aromatic nitrogens is 1. The Morgan fingerprint density at radius 3 is 2.25 bits per heavy atom. The zero-order valence-electron chi connectivity index (χ0n) is 20.8. The number of halogens is 1. The minimum absolute atomic E-state index is 0. The van der Waals surface area contributed by atoms with E-state index in [0.717, 1.165) is 5.56 Å². The number of hydrogen-bond acceptors (Lipinski definition) is 8. The van der Waals surface area contributed by atoms with E-state index in [9.17, 15) is 18.4 Å². The SMILES string of the molecule is COc1ccc(S(=O)(=O)[C@@](NCc2ccncc2)(C(=O)NO)C2CCC(OCC(C)C)CC2)cc1.Cl. The van der Waals surface area contributed by atoms with Gasteiger partial charge in [-0.3, -0.25) is 20.3 Å². The third-order valence-corrected chi connectivity index (χ3v) is 8.85. The predicted octanol–water partition coefficient (Wildman–Crippen LogP) is 3.51. The molecule has 1 aromatic carbocycles. The summed E-state index contributed by atoms with van der Waals surface area (Å²) in [7, 11) is -2.82. The van der Waals surface area contributed by atoms with Gasteiger partial charge in [-0.15, -0.1) is 12.4 Å². The number of methoxy groups -OCH3 is 1. The van der Waals surface area contributed by atoms with E-state index in [1.807, 2.05) is 0 Å². The molecule has 0 bridgehead atoms. The van der Waals surface area contributed by atoms with Gasteiger partial charge in [-0.25, -0.2) is 13.9 Å². The van der Waals surface area contributed by atoms with Gasteiger partial charge < -0.3 is 9.47 Å². The van der Waals surface area contributed by atoms with Gasteiger partial charge in [0.2, 0.25) is 14.7 Å². The fraction of sp³-hybridized carbons (Fsp3) is 0.520. The number of benzene rings is 1. The lowest BCUT2D eigenvalue weighted by molar-refractivity contribution is -0.135. The predicted molar refractivity (Wildman–Crippen MR) is 138 cm³/mol. The third-order valence-electron chi connectivity index (χ3n) is 6.45. The zero-order valence-corrected chi connectivity index (χ0v) is 22.5. The molecule has 1 aromatic heterocycles. The first-order chi connectivity index (χ1) is 16.7. The van der Waals surface area contributed by atoms with Crippen molar-refractivity contribution in [2.24, 2.45) is 11.8 Å². The van der Waals surface area contributed by atoms with E-state index in [4.69, 9.17) is 9.47 Å². The summed E-state index contributed by atoms with van der Waals surface area (Å²) in [5.74, 6) is -0.713. The van der Waals surface area contributed by atoms with Gasteiger partial charge in [-0.05, 0) is 73.6 Å². The molecular weight excluding hydrogens is 506 g/mol. The van der Waals surface area contributed by atoms with Crippen molar-refractivity contribution in [3.63, 3.8) is 0 Å². The standard InChI is InChI=1S/C25H35N3O6S.ClH/c1-18(2)17-34-22-6-4-20(5-7-22)25(24(29)28-30,27-16-19-12-14-26-15-13-19)35(31,32)23-10-8-21(33-3)9-11-23;/h8-15,18,20,22,27,30H,4-7,16-17H2,1-3H3,(H,28,29);1H/t20?,22?,25-;/m1./s1. The van der Waals surface area contributed by atoms with Gasteiger partial charge >= 0.3 is 0 Å². The molecule has 11 heteroatoms. The van der Waals surface area contributed by atoms with Crippen LogP contribution in [0.2, 0.25) is 0 Å². The van der Waals surface area contributed by atoms with Crippen LogP contribution in [0, 0.1) is 11.8 Å². The molecule has 36 heavy (non-hydrogen) atoms. The van der Waals surface area contributed by atoms with Crippen molar-refractivity contribution in [1.82, 2.24) is 15.8 Å². The van der Waals surface area contributed by atoms with Gasteiger partial charge in [0.1, 0.15) is 5.75 Å². The monoisotopic (exact) mass is 541 g/mol. The molecule has 0 unspecified atom stereocenters. The molecule has 1 aliphatic carbocycles. The summed E-state index contributed by atoms with van der Waals surface area (Å²) in [6.07, 6.45) is 5.32. The lowest BCUT2D eigenvalue weighted by atomic mass is 9.81. The van der Waals surface area contributed by atoms with Crippen LogP contribution in [-0.2, 0) is 25.9 Å². The molecule has 1 amide bonds. The molecule has 0 radical (unpaired) electrons. The van der Waals surface area contributed by atoms with Crippen molar-refractivity contribution in [1.29, 1.82) is 0 Å². The molecule has 1 fully saturated rings. The van der Waals surface area contributed by atoms with Crippen LogP contribution in [0.1, 0.15) is 45.1 Å². The number of pyridine rings is 1. The molecule has 1 aliphatic rings. The second kappa shape index (κ2) is 13.3. The molecule has 0 aliphatic heterocycles. The topological polar surface area (TPSA) is 127 Å². The second-order valence-electron chi connectivity index (χ2n) is 9.27. The number of rotatable bonds is 11. The van der Waals surface area contributed by atoms with Crippen molar-refractivity contribution in [2.45, 2.75) is 61.9 Å². The first-order valence-corrected chi connectivity index (χ1v) is 13.3. The molecule has 1 heterocycles. The highest BCUT2D eigenvalue weighted by Crippen LogP contribution is 2.41. The number of nitrogens with zero attached hydrogens (tertiary/aromatic N) is 1. The lowest BCUT2D eigenvalue weighted by Crippen LogP contribution is -2.66. The normalized spacial score (nSPS) is 19.7. The summed E-state index contributed by atoms with van der Waals surface area (Å²) < 4.78 is 39.4. The Bertz CT molecular complexity index is 1060. The second-order valence-corrected chi connectivity index (χ2v) is 11.4. The van der Waals surface area contributed by atoms with Gasteiger partial charge in [0, 0.05) is 31.5 Å². The molecule has 200 valence electrons. The lowest BCUT2D eigenvalue weighted by Gasteiger charge is -2.42. The Kier molecular flexibility index (Phi) is 11.1. The Labute approximate surface area is 219 Å². The Hall–Kier alpha value is -2.24. The van der Waals surface area contributed by atoms with E-state index >= 15 is 0 Å². The summed E-state index contributed by atoms with van der Waals surface area (Å²) in [6.45, 7) is 4.87. The van der Waals surface area contributed by atoms with Crippen LogP contribution in [0.3, 0.4) is 0 Å². The van der Waals surface area contributed by atoms with E-state index in [0.29, 0.717) is 44.0 Å². The van der Waals surface area contributed by atoms with Gasteiger partial charge in [-0.2, -0.15) is 0 Å². The summed E-state index contributed by atoms with van der Waals surface area (Å²) in [5, 5.41) is 12.8. The maximum Gasteiger partial charge on any atom is 0.280 e. The maximum absolute atomic E-state index is 14.2. The molecule has 2 aromatic rings. The third kappa shape index (κ3) is 6.54. The molecule has 3 rings (SSSR count). The zero-order chi connectivity index (χ0) is 25.5. The number of carbonyl (C=O) groups excluding carboxylic acids is 1. The summed E-state index contributed by atoms with van der Waals surface area (Å²) in [6, 6.07) is 9.39. The number of ether oxygens (including phenoxy) is 2. The minimum atomic E-state index is -4.31. The largest absolute Gasteiger partial charge is 0.497 e. The number of nitrogens with one attached hydrogen (secondary N) is 2. The molecular formula is C25H36ClN3O6S.